The minimum atomic E-state index is -1.18. The van der Waals surface area contributed by atoms with E-state index in [1.165, 1.54) is 6.92 Å². The molecule has 1 unspecified atom stereocenters. The molecule has 0 rings (SSSR count). The van der Waals surface area contributed by atoms with E-state index in [4.69, 9.17) is 15.2 Å². The number of aliphatic hydroxyl groups is 1. The minimum Gasteiger partial charge on any atom is -0.463 e. The van der Waals surface area contributed by atoms with E-state index in [-0.39, 0.29) is 25.7 Å². The van der Waals surface area contributed by atoms with E-state index in [1.54, 1.807) is 0 Å². The summed E-state index contributed by atoms with van der Waals surface area (Å²) in [6.07, 6.45) is 0.0291. The van der Waals surface area contributed by atoms with E-state index < -0.39 is 11.6 Å². The molecule has 90 valence electrons. The lowest BCUT2D eigenvalue weighted by Gasteiger charge is -2.19. The van der Waals surface area contributed by atoms with Gasteiger partial charge in [0.05, 0.1) is 24.7 Å². The average Bonchev–Trinajstić information content (AvgIpc) is 2.11. The van der Waals surface area contributed by atoms with Gasteiger partial charge in [-0.3, -0.25) is 4.79 Å². The van der Waals surface area contributed by atoms with Crippen LogP contribution in [0.2, 0.25) is 0 Å². The van der Waals surface area contributed by atoms with Gasteiger partial charge in [0.1, 0.15) is 6.61 Å². The summed E-state index contributed by atoms with van der Waals surface area (Å²) >= 11 is 0. The Morgan fingerprint density at radius 1 is 1.47 bits per heavy atom. The summed E-state index contributed by atoms with van der Waals surface area (Å²) in [5.74, 6) is -0.460. The van der Waals surface area contributed by atoms with Gasteiger partial charge < -0.3 is 20.3 Å². The Balaban J connectivity index is 3.58. The Kier molecular flexibility index (Phi) is 6.47. The van der Waals surface area contributed by atoms with Gasteiger partial charge >= 0.3 is 5.97 Å². The molecule has 0 aromatic rings. The number of carbonyl (C=O) groups is 1. The molecule has 0 saturated heterocycles. The molecule has 5 nitrogen and oxygen atoms in total. The topological polar surface area (TPSA) is 81.8 Å². The fraction of sp³-hybridized carbons (Fsp3) is 0.900. The molecule has 0 aromatic heterocycles. The standard InChI is InChI=1S/C10H21NO4/c1-8(2)14-4-5-15-9(12)6-10(3,13)7-11/h8,13H,4-7,11H2,1-3H3. The summed E-state index contributed by atoms with van der Waals surface area (Å²) in [5, 5.41) is 9.48. The van der Waals surface area contributed by atoms with Gasteiger partial charge in [0.15, 0.2) is 0 Å². The van der Waals surface area contributed by atoms with E-state index in [0.717, 1.165) is 0 Å². The zero-order valence-electron chi connectivity index (χ0n) is 9.66. The molecule has 3 N–H and O–H groups in total. The zero-order chi connectivity index (χ0) is 11.9. The highest BCUT2D eigenvalue weighted by molar-refractivity contribution is 5.70. The summed E-state index contributed by atoms with van der Waals surface area (Å²) in [5.41, 5.74) is 4.08. The molecule has 1 atom stereocenters. The van der Waals surface area contributed by atoms with E-state index in [9.17, 15) is 9.90 Å². The van der Waals surface area contributed by atoms with Crippen LogP contribution in [0.3, 0.4) is 0 Å². The van der Waals surface area contributed by atoms with Gasteiger partial charge in [-0.15, -0.1) is 0 Å². The molecular weight excluding hydrogens is 198 g/mol. The van der Waals surface area contributed by atoms with Crippen LogP contribution in [0.1, 0.15) is 27.2 Å². The molecule has 5 heteroatoms. The van der Waals surface area contributed by atoms with Crippen molar-refractivity contribution in [3.05, 3.63) is 0 Å². The van der Waals surface area contributed by atoms with Crippen molar-refractivity contribution in [1.82, 2.24) is 0 Å². The van der Waals surface area contributed by atoms with E-state index in [1.807, 2.05) is 13.8 Å². The van der Waals surface area contributed by atoms with E-state index in [2.05, 4.69) is 0 Å². The third-order valence-corrected chi connectivity index (χ3v) is 1.76. The molecule has 0 bridgehead atoms. The molecule has 0 amide bonds. The summed E-state index contributed by atoms with van der Waals surface area (Å²) < 4.78 is 10.0. The Morgan fingerprint density at radius 2 is 2.07 bits per heavy atom. The first-order chi connectivity index (χ1) is 6.87. The highest BCUT2D eigenvalue weighted by atomic mass is 16.6. The van der Waals surface area contributed by atoms with E-state index >= 15 is 0 Å². The number of nitrogens with two attached hydrogens (primary N) is 1. The fourth-order valence-electron chi connectivity index (χ4n) is 0.873. The second-order valence-corrected chi connectivity index (χ2v) is 4.02. The van der Waals surface area contributed by atoms with Gasteiger partial charge in [-0.05, 0) is 20.8 Å². The summed E-state index contributed by atoms with van der Waals surface area (Å²) in [6, 6.07) is 0. The molecule has 0 aliphatic rings. The van der Waals surface area contributed by atoms with Crippen LogP contribution in [0.5, 0.6) is 0 Å². The normalized spacial score (nSPS) is 15.1. The third-order valence-electron chi connectivity index (χ3n) is 1.76. The van der Waals surface area contributed by atoms with Gasteiger partial charge in [0.2, 0.25) is 0 Å². The van der Waals surface area contributed by atoms with Gasteiger partial charge in [0, 0.05) is 6.54 Å². The lowest BCUT2D eigenvalue weighted by molar-refractivity contribution is -0.150. The SMILES string of the molecule is CC(C)OCCOC(=O)CC(C)(O)CN. The summed E-state index contributed by atoms with van der Waals surface area (Å²) in [7, 11) is 0. The van der Waals surface area contributed by atoms with Gasteiger partial charge in [-0.1, -0.05) is 0 Å². The highest BCUT2D eigenvalue weighted by Gasteiger charge is 2.23. The predicted octanol–water partition coefficient (Wildman–Crippen LogP) is 0.0544. The smallest absolute Gasteiger partial charge is 0.308 e. The lowest BCUT2D eigenvalue weighted by atomic mass is 10.0. The van der Waals surface area contributed by atoms with Crippen molar-refractivity contribution in [2.24, 2.45) is 5.73 Å². The van der Waals surface area contributed by atoms with Crippen LogP contribution in [0.25, 0.3) is 0 Å². The number of ether oxygens (including phenoxy) is 2. The van der Waals surface area contributed by atoms with Crippen LogP contribution in [0.4, 0.5) is 0 Å². The van der Waals surface area contributed by atoms with Crippen molar-refractivity contribution in [2.75, 3.05) is 19.8 Å². The Bertz CT molecular complexity index is 192. The van der Waals surface area contributed by atoms with E-state index in [0.29, 0.717) is 6.61 Å². The predicted molar refractivity (Wildman–Crippen MR) is 56.3 cm³/mol. The quantitative estimate of drug-likeness (QED) is 0.467. The van der Waals surface area contributed by atoms with Crippen LogP contribution < -0.4 is 5.73 Å². The Labute approximate surface area is 90.5 Å². The molecular formula is C10H21NO4. The highest BCUT2D eigenvalue weighted by Crippen LogP contribution is 2.07. The molecule has 0 spiro atoms. The van der Waals surface area contributed by atoms with Crippen LogP contribution in [-0.2, 0) is 14.3 Å². The summed E-state index contributed by atoms with van der Waals surface area (Å²) in [4.78, 5) is 11.2. The lowest BCUT2D eigenvalue weighted by Crippen LogP contribution is -2.37. The van der Waals surface area contributed by atoms with Gasteiger partial charge in [0.25, 0.3) is 0 Å². The maximum Gasteiger partial charge on any atom is 0.308 e. The molecule has 0 saturated carbocycles. The van der Waals surface area contributed by atoms with Gasteiger partial charge in [-0.2, -0.15) is 0 Å². The largest absolute Gasteiger partial charge is 0.463 e. The Hall–Kier alpha value is -0.650. The minimum absolute atomic E-state index is 0.0323. The van der Waals surface area contributed by atoms with Crippen LogP contribution in [0.15, 0.2) is 0 Å². The molecule has 0 fully saturated rings. The first-order valence-corrected chi connectivity index (χ1v) is 5.07. The Morgan fingerprint density at radius 3 is 2.53 bits per heavy atom. The number of hydrogen-bond donors (Lipinski definition) is 2. The molecule has 0 heterocycles. The van der Waals surface area contributed by atoms with Crippen molar-refractivity contribution in [1.29, 1.82) is 0 Å². The first kappa shape index (κ1) is 14.3. The molecule has 0 aliphatic carbocycles. The van der Waals surface area contributed by atoms with Crippen LogP contribution >= 0.6 is 0 Å². The molecule has 0 aliphatic heterocycles. The second-order valence-electron chi connectivity index (χ2n) is 4.02. The first-order valence-electron chi connectivity index (χ1n) is 5.07. The monoisotopic (exact) mass is 219 g/mol. The average molecular weight is 219 g/mol. The molecule has 0 radical (unpaired) electrons. The maximum absolute atomic E-state index is 11.2. The van der Waals surface area contributed by atoms with Crippen molar-refractivity contribution >= 4 is 5.97 Å². The van der Waals surface area contributed by atoms with Crippen LogP contribution in [-0.4, -0.2) is 42.5 Å². The van der Waals surface area contributed by atoms with Crippen molar-refractivity contribution in [3.63, 3.8) is 0 Å². The second kappa shape index (κ2) is 6.76. The zero-order valence-corrected chi connectivity index (χ0v) is 9.66. The fourth-order valence-corrected chi connectivity index (χ4v) is 0.873. The van der Waals surface area contributed by atoms with Crippen molar-refractivity contribution in [2.45, 2.75) is 38.9 Å². The van der Waals surface area contributed by atoms with Gasteiger partial charge in [-0.25, -0.2) is 0 Å². The molecule has 0 aromatic carbocycles. The summed E-state index contributed by atoms with van der Waals surface area (Å²) in [6.45, 7) is 5.91. The number of carbonyl (C=O) groups excluding carboxylic acids is 1. The van der Waals surface area contributed by atoms with Crippen molar-refractivity contribution < 1.29 is 19.4 Å². The maximum atomic E-state index is 11.2. The number of esters is 1. The third kappa shape index (κ3) is 8.35. The van der Waals surface area contributed by atoms with Crippen LogP contribution in [0, 0.1) is 0 Å². The number of rotatable bonds is 7. The molecule has 15 heavy (non-hydrogen) atoms. The number of hydrogen-bond acceptors (Lipinski definition) is 5. The van der Waals surface area contributed by atoms with Crippen molar-refractivity contribution in [3.8, 4) is 0 Å².